The number of carbonyl (C=O) groups is 2. The lowest BCUT2D eigenvalue weighted by molar-refractivity contribution is -0.134. The van der Waals surface area contributed by atoms with Crippen LogP contribution in [-0.2, 0) is 4.79 Å². The Labute approximate surface area is 226 Å². The molecular weight excluding hydrogens is 506 g/mol. The molecule has 1 aliphatic heterocycles. The van der Waals surface area contributed by atoms with Crippen LogP contribution in [-0.4, -0.2) is 57.5 Å². The molecule has 0 aliphatic carbocycles. The fourth-order valence-corrected chi connectivity index (χ4v) is 3.97. The number of halogens is 1. The van der Waals surface area contributed by atoms with E-state index in [1.807, 2.05) is 54.4 Å². The Kier molecular flexibility index (Phi) is 10.0. The maximum absolute atomic E-state index is 13.2. The number of pyridine rings is 1. The average Bonchev–Trinajstić information content (AvgIpc) is 2.91. The van der Waals surface area contributed by atoms with Crippen molar-refractivity contribution >= 4 is 40.9 Å². The molecule has 38 heavy (non-hydrogen) atoms. The van der Waals surface area contributed by atoms with Crippen LogP contribution in [0.1, 0.15) is 24.1 Å². The average molecular weight is 534 g/mol. The van der Waals surface area contributed by atoms with Crippen molar-refractivity contribution in [2.24, 2.45) is 4.99 Å². The first-order valence-corrected chi connectivity index (χ1v) is 12.1. The van der Waals surface area contributed by atoms with Crippen LogP contribution in [0.15, 0.2) is 78.0 Å². The zero-order valence-corrected chi connectivity index (χ0v) is 21.8. The number of anilines is 1. The molecule has 1 saturated heterocycles. The maximum atomic E-state index is 13.2. The number of piperazine rings is 1. The van der Waals surface area contributed by atoms with Crippen LogP contribution in [0.25, 0.3) is 0 Å². The number of carbonyl (C=O) groups excluding carboxylic acids is 1. The van der Waals surface area contributed by atoms with Crippen molar-refractivity contribution in [1.29, 1.82) is 5.26 Å². The SMILES string of the molecule is CC(=O)O.Cc1ccccc1N=C(NC#N)N1CCN(C(=O)Nc2ccc(Cl)cc2)C(c2ccncc2)C1. The van der Waals surface area contributed by atoms with Gasteiger partial charge in [0.15, 0.2) is 6.19 Å². The minimum Gasteiger partial charge on any atom is -0.481 e. The second-order valence-corrected chi connectivity index (χ2v) is 8.79. The van der Waals surface area contributed by atoms with Gasteiger partial charge in [0.05, 0.1) is 11.7 Å². The lowest BCUT2D eigenvalue weighted by atomic mass is 10.0. The number of aryl methyl sites for hydroxylation is 1. The van der Waals surface area contributed by atoms with Crippen LogP contribution in [0, 0.1) is 18.4 Å². The quantitative estimate of drug-likeness (QED) is 0.191. The molecule has 1 aromatic heterocycles. The van der Waals surface area contributed by atoms with Gasteiger partial charge in [0.25, 0.3) is 5.97 Å². The summed E-state index contributed by atoms with van der Waals surface area (Å²) in [5, 5.41) is 23.1. The second-order valence-electron chi connectivity index (χ2n) is 8.35. The molecule has 4 rings (SSSR count). The zero-order valence-electron chi connectivity index (χ0n) is 21.0. The Morgan fingerprint density at radius 1 is 1.11 bits per heavy atom. The second kappa shape index (κ2) is 13.6. The Hall–Kier alpha value is -4.62. The van der Waals surface area contributed by atoms with Gasteiger partial charge >= 0.3 is 6.03 Å². The van der Waals surface area contributed by atoms with Crippen molar-refractivity contribution in [3.05, 3.63) is 89.2 Å². The Bertz CT molecular complexity index is 1310. The number of aromatic nitrogens is 1. The normalized spacial score (nSPS) is 15.0. The summed E-state index contributed by atoms with van der Waals surface area (Å²) in [5.74, 6) is -0.381. The number of guanidine groups is 1. The number of aliphatic imine (C=N–C) groups is 1. The van der Waals surface area contributed by atoms with Gasteiger partial charge < -0.3 is 20.2 Å². The van der Waals surface area contributed by atoms with E-state index in [1.165, 1.54) is 0 Å². The van der Waals surface area contributed by atoms with Crippen molar-refractivity contribution < 1.29 is 14.7 Å². The van der Waals surface area contributed by atoms with E-state index in [-0.39, 0.29) is 12.1 Å². The molecule has 2 heterocycles. The lowest BCUT2D eigenvalue weighted by Crippen LogP contribution is -2.55. The van der Waals surface area contributed by atoms with Gasteiger partial charge in [0.1, 0.15) is 0 Å². The molecule has 0 saturated carbocycles. The van der Waals surface area contributed by atoms with Gasteiger partial charge in [0.2, 0.25) is 5.96 Å². The van der Waals surface area contributed by atoms with Crippen molar-refractivity contribution in [3.8, 4) is 6.19 Å². The van der Waals surface area contributed by atoms with Crippen molar-refractivity contribution in [1.82, 2.24) is 20.1 Å². The summed E-state index contributed by atoms with van der Waals surface area (Å²) < 4.78 is 0. The summed E-state index contributed by atoms with van der Waals surface area (Å²) in [6, 6.07) is 18.0. The number of aliphatic carboxylic acids is 1. The minimum absolute atomic E-state index is 0.214. The van der Waals surface area contributed by atoms with Crippen LogP contribution in [0.2, 0.25) is 5.02 Å². The molecule has 1 aliphatic rings. The maximum Gasteiger partial charge on any atom is 0.322 e. The fraction of sp³-hybridized carbons (Fsp3) is 0.222. The first-order valence-electron chi connectivity index (χ1n) is 11.8. The monoisotopic (exact) mass is 533 g/mol. The third-order valence-corrected chi connectivity index (χ3v) is 5.89. The summed E-state index contributed by atoms with van der Waals surface area (Å²) in [6.45, 7) is 4.46. The van der Waals surface area contributed by atoms with Crippen LogP contribution in [0.5, 0.6) is 0 Å². The van der Waals surface area contributed by atoms with Gasteiger partial charge in [-0.15, -0.1) is 0 Å². The number of benzene rings is 2. The molecule has 10 nitrogen and oxygen atoms in total. The van der Waals surface area contributed by atoms with E-state index < -0.39 is 5.97 Å². The molecule has 1 unspecified atom stereocenters. The highest BCUT2D eigenvalue weighted by Gasteiger charge is 2.33. The summed E-state index contributed by atoms with van der Waals surface area (Å²) in [5.41, 5.74) is 3.39. The third kappa shape index (κ3) is 7.94. The topological polar surface area (TPSA) is 134 Å². The number of para-hydroxylation sites is 1. The molecule has 1 atom stereocenters. The highest BCUT2D eigenvalue weighted by molar-refractivity contribution is 6.30. The smallest absolute Gasteiger partial charge is 0.322 e. The predicted molar refractivity (Wildman–Crippen MR) is 146 cm³/mol. The van der Waals surface area contributed by atoms with Crippen LogP contribution in [0.4, 0.5) is 16.2 Å². The Morgan fingerprint density at radius 2 is 1.76 bits per heavy atom. The number of carboxylic acids is 1. The molecule has 0 radical (unpaired) electrons. The van der Waals surface area contributed by atoms with Crippen molar-refractivity contribution in [3.63, 3.8) is 0 Å². The molecule has 11 heteroatoms. The number of hydrogen-bond acceptors (Lipinski definition) is 5. The van der Waals surface area contributed by atoms with E-state index in [1.54, 1.807) is 41.6 Å². The highest BCUT2D eigenvalue weighted by Crippen LogP contribution is 2.27. The molecule has 196 valence electrons. The Morgan fingerprint density at radius 3 is 2.39 bits per heavy atom. The van der Waals surface area contributed by atoms with Gasteiger partial charge in [-0.25, -0.2) is 9.79 Å². The van der Waals surface area contributed by atoms with E-state index in [9.17, 15) is 10.1 Å². The third-order valence-electron chi connectivity index (χ3n) is 5.64. The fourth-order valence-electron chi connectivity index (χ4n) is 3.85. The van der Waals surface area contributed by atoms with E-state index >= 15 is 0 Å². The molecule has 3 N–H and O–H groups in total. The molecule has 1 fully saturated rings. The van der Waals surface area contributed by atoms with E-state index in [0.29, 0.717) is 36.3 Å². The Balaban J connectivity index is 0.000000934. The van der Waals surface area contributed by atoms with Gasteiger partial charge in [-0.1, -0.05) is 29.8 Å². The van der Waals surface area contributed by atoms with Gasteiger partial charge in [-0.05, 0) is 60.5 Å². The first kappa shape index (κ1) is 28.0. The van der Waals surface area contributed by atoms with Gasteiger partial charge in [-0.2, -0.15) is 5.26 Å². The number of rotatable bonds is 3. The molecule has 2 amide bonds. The summed E-state index contributed by atoms with van der Waals surface area (Å²) in [4.78, 5) is 34.8. The van der Waals surface area contributed by atoms with Gasteiger partial charge in [-0.3, -0.25) is 15.1 Å². The number of nitrogens with zero attached hydrogens (tertiary/aromatic N) is 5. The summed E-state index contributed by atoms with van der Waals surface area (Å²) in [7, 11) is 0. The zero-order chi connectivity index (χ0) is 27.5. The summed E-state index contributed by atoms with van der Waals surface area (Å²) in [6.07, 6.45) is 5.41. The van der Waals surface area contributed by atoms with Crippen LogP contribution in [0.3, 0.4) is 0 Å². The molecule has 0 spiro atoms. The van der Waals surface area contributed by atoms with Crippen LogP contribution < -0.4 is 10.6 Å². The number of nitrogens with one attached hydrogen (secondary N) is 2. The van der Waals surface area contributed by atoms with Crippen molar-refractivity contribution in [2.75, 3.05) is 25.0 Å². The number of carboxylic acid groups (broad SMARTS) is 1. The largest absolute Gasteiger partial charge is 0.481 e. The first-order chi connectivity index (χ1) is 18.3. The minimum atomic E-state index is -0.833. The standard InChI is InChI=1S/C25H24ClN7O.C2H4O2/c1-18-4-2-3-5-22(18)31-24(29-17-27)32-14-15-33(23(16-32)19-10-12-28-13-11-19)25(34)30-21-8-6-20(26)7-9-21;1-2(3)4/h2-13,23H,14-16H2,1H3,(H,29,31)(H,30,34);1H3,(H,3,4). The van der Waals surface area contributed by atoms with E-state index in [4.69, 9.17) is 26.5 Å². The summed E-state index contributed by atoms with van der Waals surface area (Å²) >= 11 is 5.96. The number of nitriles is 1. The predicted octanol–water partition coefficient (Wildman–Crippen LogP) is 4.78. The lowest BCUT2D eigenvalue weighted by Gasteiger charge is -2.42. The number of urea groups is 1. The number of hydrogen-bond donors (Lipinski definition) is 3. The van der Waals surface area contributed by atoms with E-state index in [2.05, 4.69) is 15.6 Å². The van der Waals surface area contributed by atoms with Crippen molar-refractivity contribution in [2.45, 2.75) is 19.9 Å². The van der Waals surface area contributed by atoms with E-state index in [0.717, 1.165) is 23.7 Å². The molecule has 0 bridgehead atoms. The highest BCUT2D eigenvalue weighted by atomic mass is 35.5. The van der Waals surface area contributed by atoms with Gasteiger partial charge in [0, 0.05) is 49.7 Å². The van der Waals surface area contributed by atoms with Crippen LogP contribution >= 0.6 is 11.6 Å². The molecule has 3 aromatic rings. The molecule has 2 aromatic carbocycles. The molecular formula is C27H28ClN7O3. The number of amides is 2.